The van der Waals surface area contributed by atoms with E-state index in [1.165, 1.54) is 0 Å². The van der Waals surface area contributed by atoms with Crippen molar-refractivity contribution >= 4 is 11.6 Å². The molecule has 0 saturated carbocycles. The van der Waals surface area contributed by atoms with Gasteiger partial charge in [0.1, 0.15) is 5.75 Å². The molecule has 0 amide bonds. The van der Waals surface area contributed by atoms with Crippen LogP contribution >= 0.6 is 0 Å². The number of hydrogen-bond donors (Lipinski definition) is 1. The summed E-state index contributed by atoms with van der Waals surface area (Å²) in [5, 5.41) is 11.4. The van der Waals surface area contributed by atoms with Gasteiger partial charge < -0.3 is 5.11 Å². The van der Waals surface area contributed by atoms with Crippen LogP contribution < -0.4 is 0 Å². The lowest BCUT2D eigenvalue weighted by molar-refractivity contribution is 0.0945. The largest absolute Gasteiger partial charge is 0.507 e. The predicted octanol–water partition coefficient (Wildman–Crippen LogP) is 7.62. The molecule has 0 unspecified atom stereocenters. The molecular formula is C32H38O3. The van der Waals surface area contributed by atoms with E-state index in [2.05, 4.69) is 20.8 Å². The molecule has 0 heterocycles. The van der Waals surface area contributed by atoms with E-state index in [1.807, 2.05) is 87.5 Å². The Bertz CT molecular complexity index is 1180. The van der Waals surface area contributed by atoms with Gasteiger partial charge in [0.15, 0.2) is 11.6 Å². The summed E-state index contributed by atoms with van der Waals surface area (Å²) in [7, 11) is 0. The van der Waals surface area contributed by atoms with E-state index in [0.29, 0.717) is 24.0 Å². The number of aryl methyl sites for hydroxylation is 2. The van der Waals surface area contributed by atoms with Crippen LogP contribution in [0.3, 0.4) is 0 Å². The average Bonchev–Trinajstić information content (AvgIpc) is 2.80. The number of ketones is 2. The third kappa shape index (κ3) is 6.48. The molecule has 3 aromatic rings. The number of carbonyl (C=O) groups excluding carboxylic acids is 2. The molecule has 3 nitrogen and oxygen atoms in total. The van der Waals surface area contributed by atoms with Crippen molar-refractivity contribution in [3.05, 3.63) is 100 Å². The van der Waals surface area contributed by atoms with Gasteiger partial charge in [0.2, 0.25) is 0 Å². The fourth-order valence-corrected chi connectivity index (χ4v) is 4.45. The second kappa shape index (κ2) is 10.6. The van der Waals surface area contributed by atoms with Gasteiger partial charge in [-0.25, -0.2) is 0 Å². The number of benzene rings is 3. The highest BCUT2D eigenvalue weighted by Gasteiger charge is 2.33. The number of phenolic OH excluding ortho intramolecular Hbond substituents is 1. The predicted molar refractivity (Wildman–Crippen MR) is 144 cm³/mol. The van der Waals surface area contributed by atoms with Crippen LogP contribution in [0.15, 0.2) is 66.7 Å². The minimum atomic E-state index is -0.385. The van der Waals surface area contributed by atoms with E-state index in [-0.39, 0.29) is 46.6 Å². The first-order chi connectivity index (χ1) is 16.4. The number of rotatable bonds is 8. The van der Waals surface area contributed by atoms with Crippen molar-refractivity contribution < 1.29 is 14.7 Å². The number of aromatic hydroxyl groups is 1. The molecule has 0 spiro atoms. The van der Waals surface area contributed by atoms with Gasteiger partial charge in [-0.05, 0) is 40.4 Å². The van der Waals surface area contributed by atoms with Crippen molar-refractivity contribution in [1.82, 2.24) is 0 Å². The van der Waals surface area contributed by atoms with Crippen molar-refractivity contribution in [3.8, 4) is 5.75 Å². The van der Waals surface area contributed by atoms with Gasteiger partial charge in [0.05, 0.1) is 5.56 Å². The fraction of sp³-hybridized carbons (Fsp3) is 0.375. The molecule has 0 aliphatic heterocycles. The third-order valence-corrected chi connectivity index (χ3v) is 6.44. The number of carbonyl (C=O) groups is 2. The maximum atomic E-state index is 13.7. The van der Waals surface area contributed by atoms with E-state index in [1.54, 1.807) is 0 Å². The summed E-state index contributed by atoms with van der Waals surface area (Å²) in [6.07, 6.45) is 1.65. The Morgan fingerprint density at radius 3 is 1.43 bits per heavy atom. The molecule has 0 aromatic heterocycles. The van der Waals surface area contributed by atoms with Crippen LogP contribution in [0.4, 0.5) is 0 Å². The van der Waals surface area contributed by atoms with Gasteiger partial charge in [0, 0.05) is 24.0 Å². The first kappa shape index (κ1) is 26.4. The molecule has 0 saturated heterocycles. The zero-order valence-electron chi connectivity index (χ0n) is 21.9. The zero-order valence-corrected chi connectivity index (χ0v) is 21.9. The highest BCUT2D eigenvalue weighted by molar-refractivity contribution is 6.12. The number of Topliss-reactive ketones (excluding diaryl/α,β-unsaturated/α-hetero) is 2. The molecule has 0 aliphatic rings. The summed E-state index contributed by atoms with van der Waals surface area (Å²) in [5.41, 5.74) is 3.47. The summed E-state index contributed by atoms with van der Waals surface area (Å²) in [6, 6.07) is 21.7. The molecule has 184 valence electrons. The summed E-state index contributed by atoms with van der Waals surface area (Å²) < 4.78 is 0. The Kier molecular flexibility index (Phi) is 8.00. The van der Waals surface area contributed by atoms with Gasteiger partial charge in [-0.1, -0.05) is 108 Å². The average molecular weight is 471 g/mol. The van der Waals surface area contributed by atoms with E-state index in [4.69, 9.17) is 0 Å². The molecule has 0 aliphatic carbocycles. The summed E-state index contributed by atoms with van der Waals surface area (Å²) in [6.45, 7) is 12.2. The van der Waals surface area contributed by atoms with Crippen LogP contribution in [0.1, 0.15) is 97.4 Å². The van der Waals surface area contributed by atoms with E-state index >= 15 is 0 Å². The van der Waals surface area contributed by atoms with Crippen LogP contribution in [-0.2, 0) is 23.7 Å². The van der Waals surface area contributed by atoms with Gasteiger partial charge >= 0.3 is 0 Å². The maximum absolute atomic E-state index is 13.7. The Morgan fingerprint density at radius 1 is 0.629 bits per heavy atom. The van der Waals surface area contributed by atoms with Crippen LogP contribution in [0.2, 0.25) is 0 Å². The van der Waals surface area contributed by atoms with Crippen LogP contribution in [0.25, 0.3) is 0 Å². The molecule has 3 aromatic carbocycles. The summed E-state index contributed by atoms with van der Waals surface area (Å²) in [4.78, 5) is 27.4. The standard InChI is InChI=1S/C32H38O3/c1-31(2,3)24-21-25(32(4,5)6)30(35)29(27(34)20-18-23-15-11-8-12-16-23)28(24)26(33)19-17-22-13-9-7-10-14-22/h7-16,21,35H,17-20H2,1-6H3. The lowest BCUT2D eigenvalue weighted by Crippen LogP contribution is -2.24. The van der Waals surface area contributed by atoms with Crippen molar-refractivity contribution in [2.24, 2.45) is 0 Å². The van der Waals surface area contributed by atoms with Crippen molar-refractivity contribution in [1.29, 1.82) is 0 Å². The molecule has 35 heavy (non-hydrogen) atoms. The van der Waals surface area contributed by atoms with E-state index in [9.17, 15) is 14.7 Å². The SMILES string of the molecule is CC(C)(C)c1cc(C(C)(C)C)c(C(=O)CCc2ccccc2)c(C(=O)CCc2ccccc2)c1O. The Morgan fingerprint density at radius 2 is 1.03 bits per heavy atom. The molecule has 0 fully saturated rings. The van der Waals surface area contributed by atoms with Gasteiger partial charge in [-0.3, -0.25) is 9.59 Å². The molecule has 0 radical (unpaired) electrons. The quantitative estimate of drug-likeness (QED) is 0.345. The zero-order chi connectivity index (χ0) is 25.8. The maximum Gasteiger partial charge on any atom is 0.167 e. The van der Waals surface area contributed by atoms with Gasteiger partial charge in [0.25, 0.3) is 0 Å². The topological polar surface area (TPSA) is 54.4 Å². The minimum Gasteiger partial charge on any atom is -0.507 e. The van der Waals surface area contributed by atoms with Crippen LogP contribution in [0, 0.1) is 0 Å². The van der Waals surface area contributed by atoms with Crippen molar-refractivity contribution in [3.63, 3.8) is 0 Å². The Balaban J connectivity index is 2.11. The first-order valence-electron chi connectivity index (χ1n) is 12.4. The summed E-state index contributed by atoms with van der Waals surface area (Å²) in [5.74, 6) is -0.338. The van der Waals surface area contributed by atoms with Gasteiger partial charge in [-0.2, -0.15) is 0 Å². The smallest absolute Gasteiger partial charge is 0.167 e. The Labute approximate surface area is 210 Å². The highest BCUT2D eigenvalue weighted by atomic mass is 16.3. The number of phenols is 1. The lowest BCUT2D eigenvalue weighted by Gasteiger charge is -2.30. The van der Waals surface area contributed by atoms with E-state index < -0.39 is 0 Å². The second-order valence-corrected chi connectivity index (χ2v) is 11.4. The monoisotopic (exact) mass is 470 g/mol. The normalized spacial score (nSPS) is 11.9. The molecule has 1 N–H and O–H groups in total. The molecule has 3 heteroatoms. The Hall–Kier alpha value is -3.20. The van der Waals surface area contributed by atoms with Crippen LogP contribution in [-0.4, -0.2) is 16.7 Å². The third-order valence-electron chi connectivity index (χ3n) is 6.44. The summed E-state index contributed by atoms with van der Waals surface area (Å²) >= 11 is 0. The molecule has 0 atom stereocenters. The van der Waals surface area contributed by atoms with Crippen molar-refractivity contribution in [2.45, 2.75) is 78.1 Å². The molecule has 0 bridgehead atoms. The second-order valence-electron chi connectivity index (χ2n) is 11.4. The number of hydrogen-bond acceptors (Lipinski definition) is 3. The minimum absolute atomic E-state index is 0.0494. The molecular weight excluding hydrogens is 432 g/mol. The molecule has 3 rings (SSSR count). The van der Waals surface area contributed by atoms with Crippen LogP contribution in [0.5, 0.6) is 5.75 Å². The fourth-order valence-electron chi connectivity index (χ4n) is 4.45. The lowest BCUT2D eigenvalue weighted by atomic mass is 9.74. The van der Waals surface area contributed by atoms with Crippen molar-refractivity contribution in [2.75, 3.05) is 0 Å². The first-order valence-corrected chi connectivity index (χ1v) is 12.4. The highest BCUT2D eigenvalue weighted by Crippen LogP contribution is 2.42. The van der Waals surface area contributed by atoms with Gasteiger partial charge in [-0.15, -0.1) is 0 Å². The van der Waals surface area contributed by atoms with E-state index in [0.717, 1.165) is 16.7 Å².